The molecule has 9 nitrogen and oxygen atoms in total. The number of nitrogens with one attached hydrogen (secondary N) is 2. The van der Waals surface area contributed by atoms with E-state index in [4.69, 9.17) is 5.11 Å². The summed E-state index contributed by atoms with van der Waals surface area (Å²) in [6.45, 7) is 0.160. The van der Waals surface area contributed by atoms with Crippen LogP contribution in [0.2, 0.25) is 0 Å². The van der Waals surface area contributed by atoms with Gasteiger partial charge in [0.05, 0.1) is 13.1 Å². The number of carbonyl (C=O) groups excluding carboxylic acids is 3. The predicted octanol–water partition coefficient (Wildman–Crippen LogP) is 0.530. The lowest BCUT2D eigenvalue weighted by molar-refractivity contribution is -0.202. The van der Waals surface area contributed by atoms with Gasteiger partial charge in [-0.3, -0.25) is 19.4 Å². The number of aliphatic imine (C=N–C) groups is 1. The van der Waals surface area contributed by atoms with Gasteiger partial charge in [-0.05, 0) is 30.9 Å². The van der Waals surface area contributed by atoms with Crippen molar-refractivity contribution in [3.05, 3.63) is 23.9 Å². The smallest absolute Gasteiger partial charge is 0.382 e. The number of alkyl halides is 3. The Balaban J connectivity index is 1.65. The molecule has 174 valence electrons. The number of ketones is 1. The highest BCUT2D eigenvalue weighted by atomic mass is 19.4. The van der Waals surface area contributed by atoms with Crippen LogP contribution in [0.15, 0.2) is 23.3 Å². The predicted molar refractivity (Wildman–Crippen MR) is 108 cm³/mol. The Kier molecular flexibility index (Phi) is 6.82. The molecule has 12 heteroatoms. The third-order valence-electron chi connectivity index (χ3n) is 5.57. The Morgan fingerprint density at radius 2 is 2.06 bits per heavy atom. The van der Waals surface area contributed by atoms with Crippen molar-refractivity contribution in [2.45, 2.75) is 44.1 Å². The zero-order valence-electron chi connectivity index (χ0n) is 17.5. The SMILES string of the molecule is CN=C(C(C)=O)c1cccnc1NCC(=O)N1[C@@H]2C[C@@H]2C[C@H]1C(=O)NCC(O)C(F)(F)F. The third-order valence-corrected chi connectivity index (χ3v) is 5.57. The highest BCUT2D eigenvalue weighted by molar-refractivity contribution is 6.46. The van der Waals surface area contributed by atoms with E-state index < -0.39 is 36.7 Å². The van der Waals surface area contributed by atoms with E-state index in [2.05, 4.69) is 20.6 Å². The number of aromatic nitrogens is 1. The summed E-state index contributed by atoms with van der Waals surface area (Å²) in [4.78, 5) is 46.6. The van der Waals surface area contributed by atoms with E-state index in [1.807, 2.05) is 0 Å². The van der Waals surface area contributed by atoms with Gasteiger partial charge in [0.2, 0.25) is 11.8 Å². The fourth-order valence-corrected chi connectivity index (χ4v) is 3.94. The van der Waals surface area contributed by atoms with Gasteiger partial charge < -0.3 is 20.6 Å². The molecule has 1 aromatic rings. The summed E-state index contributed by atoms with van der Waals surface area (Å²) in [5.41, 5.74) is 0.619. The van der Waals surface area contributed by atoms with E-state index in [-0.39, 0.29) is 35.8 Å². The molecule has 2 aliphatic rings. The Hall–Kier alpha value is -3.02. The second-order valence-corrected chi connectivity index (χ2v) is 7.80. The first-order valence-electron chi connectivity index (χ1n) is 10.0. The zero-order chi connectivity index (χ0) is 23.6. The summed E-state index contributed by atoms with van der Waals surface area (Å²) >= 11 is 0. The minimum Gasteiger partial charge on any atom is -0.382 e. The number of amides is 2. The fourth-order valence-electron chi connectivity index (χ4n) is 3.94. The summed E-state index contributed by atoms with van der Waals surface area (Å²) in [5, 5.41) is 14.0. The van der Waals surface area contributed by atoms with Crippen molar-refractivity contribution in [2.75, 3.05) is 25.5 Å². The molecule has 3 N–H and O–H groups in total. The number of likely N-dealkylation sites (tertiary alicyclic amines) is 1. The van der Waals surface area contributed by atoms with Crippen molar-refractivity contribution in [3.8, 4) is 0 Å². The largest absolute Gasteiger partial charge is 0.416 e. The van der Waals surface area contributed by atoms with Crippen LogP contribution in [0.25, 0.3) is 0 Å². The lowest BCUT2D eigenvalue weighted by Gasteiger charge is -2.27. The second-order valence-electron chi connectivity index (χ2n) is 7.80. The average Bonchev–Trinajstić information content (AvgIpc) is 3.39. The molecule has 0 bridgehead atoms. The van der Waals surface area contributed by atoms with E-state index in [0.717, 1.165) is 6.42 Å². The molecule has 1 aromatic heterocycles. The normalized spacial score (nSPS) is 23.4. The number of aliphatic hydroxyl groups excluding tert-OH is 1. The van der Waals surface area contributed by atoms with Crippen LogP contribution in [0.4, 0.5) is 19.0 Å². The number of pyridine rings is 1. The number of fused-ring (bicyclic) bond motifs is 1. The molecule has 0 radical (unpaired) electrons. The maximum atomic E-state index is 12.9. The zero-order valence-corrected chi connectivity index (χ0v) is 17.5. The summed E-state index contributed by atoms with van der Waals surface area (Å²) < 4.78 is 37.4. The second kappa shape index (κ2) is 9.23. The van der Waals surface area contributed by atoms with Gasteiger partial charge >= 0.3 is 6.18 Å². The van der Waals surface area contributed by atoms with Crippen LogP contribution in [0.5, 0.6) is 0 Å². The molecule has 0 aromatic carbocycles. The van der Waals surface area contributed by atoms with Gasteiger partial charge in [-0.15, -0.1) is 0 Å². The monoisotopic (exact) mass is 455 g/mol. The first-order chi connectivity index (χ1) is 15.0. The molecule has 1 unspecified atom stereocenters. The van der Waals surface area contributed by atoms with Gasteiger partial charge in [0.25, 0.3) is 0 Å². The van der Waals surface area contributed by atoms with Gasteiger partial charge in [0.15, 0.2) is 11.9 Å². The molecule has 3 rings (SSSR count). The fraction of sp³-hybridized carbons (Fsp3) is 0.550. The van der Waals surface area contributed by atoms with Crippen molar-refractivity contribution < 1.29 is 32.7 Å². The van der Waals surface area contributed by atoms with Crippen LogP contribution >= 0.6 is 0 Å². The molecule has 1 saturated heterocycles. The van der Waals surface area contributed by atoms with E-state index in [1.165, 1.54) is 25.1 Å². The summed E-state index contributed by atoms with van der Waals surface area (Å²) in [6.07, 6.45) is -4.95. The minimum absolute atomic E-state index is 0.129. The first kappa shape index (κ1) is 23.6. The summed E-state index contributed by atoms with van der Waals surface area (Å²) in [6, 6.07) is 2.22. The number of carbonyl (C=O) groups is 3. The molecule has 2 heterocycles. The number of rotatable bonds is 8. The standard InChI is InChI=1S/C20H24F3N5O4/c1-10(29)17(24-2)12-4-3-5-25-18(12)26-9-16(31)28-13-6-11(13)7-14(28)19(32)27-8-15(30)20(21,22)23/h3-5,11,13-15,30H,6-9H2,1-2H3,(H,25,26)(H,27,32)/t11-,13-,14+,15?/m1/s1. The summed E-state index contributed by atoms with van der Waals surface area (Å²) in [5.74, 6) is -1.01. The van der Waals surface area contributed by atoms with Crippen LogP contribution in [-0.4, -0.2) is 82.8 Å². The molecular weight excluding hydrogens is 431 g/mol. The van der Waals surface area contributed by atoms with Gasteiger partial charge in [0, 0.05) is 31.8 Å². The maximum absolute atomic E-state index is 12.9. The highest BCUT2D eigenvalue weighted by Crippen LogP contribution is 2.47. The van der Waals surface area contributed by atoms with E-state index in [9.17, 15) is 27.6 Å². The number of anilines is 1. The number of Topliss-reactive ketones (excluding diaryl/α,β-unsaturated/α-hetero) is 1. The highest BCUT2D eigenvalue weighted by Gasteiger charge is 2.56. The lowest BCUT2D eigenvalue weighted by Crippen LogP contribution is -2.51. The Morgan fingerprint density at radius 3 is 2.69 bits per heavy atom. The van der Waals surface area contributed by atoms with E-state index >= 15 is 0 Å². The Bertz CT molecular complexity index is 936. The van der Waals surface area contributed by atoms with Crippen LogP contribution in [0, 0.1) is 5.92 Å². The molecule has 1 aliphatic heterocycles. The Morgan fingerprint density at radius 1 is 1.34 bits per heavy atom. The van der Waals surface area contributed by atoms with Crippen molar-refractivity contribution >= 4 is 29.1 Å². The number of hydrogen-bond donors (Lipinski definition) is 3. The van der Waals surface area contributed by atoms with Crippen molar-refractivity contribution in [1.82, 2.24) is 15.2 Å². The lowest BCUT2D eigenvalue weighted by atomic mass is 10.1. The topological polar surface area (TPSA) is 124 Å². The van der Waals surface area contributed by atoms with Gasteiger partial charge in [-0.25, -0.2) is 4.98 Å². The minimum atomic E-state index is -4.84. The number of nitrogens with zero attached hydrogens (tertiary/aromatic N) is 3. The van der Waals surface area contributed by atoms with Crippen LogP contribution in [-0.2, 0) is 14.4 Å². The first-order valence-corrected chi connectivity index (χ1v) is 10.0. The summed E-state index contributed by atoms with van der Waals surface area (Å²) in [7, 11) is 1.47. The molecule has 2 amide bonds. The third kappa shape index (κ3) is 5.06. The molecule has 1 aliphatic carbocycles. The maximum Gasteiger partial charge on any atom is 0.416 e. The number of aliphatic hydroxyl groups is 1. The van der Waals surface area contributed by atoms with Crippen LogP contribution in [0.1, 0.15) is 25.3 Å². The molecule has 0 spiro atoms. The average molecular weight is 455 g/mol. The molecule has 1 saturated carbocycles. The Labute approximate surface area is 182 Å². The molecule has 32 heavy (non-hydrogen) atoms. The van der Waals surface area contributed by atoms with Crippen molar-refractivity contribution in [3.63, 3.8) is 0 Å². The van der Waals surface area contributed by atoms with Crippen LogP contribution < -0.4 is 10.6 Å². The quantitative estimate of drug-likeness (QED) is 0.492. The molecule has 2 fully saturated rings. The number of hydrogen-bond acceptors (Lipinski definition) is 7. The number of piperidine rings is 1. The number of halogens is 3. The van der Waals surface area contributed by atoms with Gasteiger partial charge in [-0.1, -0.05) is 0 Å². The van der Waals surface area contributed by atoms with Gasteiger partial charge in [-0.2, -0.15) is 13.2 Å². The molecular formula is C20H24F3N5O4. The molecule has 4 atom stereocenters. The van der Waals surface area contributed by atoms with Crippen molar-refractivity contribution in [1.29, 1.82) is 0 Å². The van der Waals surface area contributed by atoms with Gasteiger partial charge in [0.1, 0.15) is 17.6 Å². The van der Waals surface area contributed by atoms with Crippen molar-refractivity contribution in [2.24, 2.45) is 10.9 Å². The van der Waals surface area contributed by atoms with E-state index in [0.29, 0.717) is 12.0 Å². The van der Waals surface area contributed by atoms with E-state index in [1.54, 1.807) is 12.1 Å². The van der Waals surface area contributed by atoms with Crippen LogP contribution in [0.3, 0.4) is 0 Å².